The highest BCUT2D eigenvalue weighted by molar-refractivity contribution is 5.89. The maximum atomic E-state index is 13.2. The number of esters is 5. The number of hydrogen-bond acceptors (Lipinski definition) is 15. The van der Waals surface area contributed by atoms with Crippen LogP contribution in [0.3, 0.4) is 0 Å². The molecule has 0 spiro atoms. The Morgan fingerprint density at radius 1 is 0.925 bits per heavy atom. The molecule has 1 saturated heterocycles. The summed E-state index contributed by atoms with van der Waals surface area (Å²) in [7, 11) is 1.21. The van der Waals surface area contributed by atoms with Gasteiger partial charge < -0.3 is 48.0 Å². The number of rotatable bonds is 12. The Morgan fingerprint density at radius 2 is 1.58 bits per heavy atom. The van der Waals surface area contributed by atoms with Gasteiger partial charge in [0.15, 0.2) is 18.3 Å². The number of aliphatic carboxylic acids is 1. The zero-order valence-corrected chi connectivity index (χ0v) is 29.7. The summed E-state index contributed by atoms with van der Waals surface area (Å²) in [5.74, 6) is -6.53. The van der Waals surface area contributed by atoms with Crippen molar-refractivity contribution in [2.75, 3.05) is 13.7 Å². The van der Waals surface area contributed by atoms with Gasteiger partial charge in [0.25, 0.3) is 0 Å². The summed E-state index contributed by atoms with van der Waals surface area (Å²) in [4.78, 5) is 77.5. The van der Waals surface area contributed by atoms with Crippen molar-refractivity contribution in [3.05, 3.63) is 60.0 Å². The van der Waals surface area contributed by atoms with Gasteiger partial charge in [-0.1, -0.05) is 24.3 Å². The molecule has 286 valence electrons. The minimum Gasteiger partial charge on any atom is -0.480 e. The van der Waals surface area contributed by atoms with Gasteiger partial charge in [0, 0.05) is 68.6 Å². The number of carbonyl (C=O) groups excluding carboxylic acids is 5. The van der Waals surface area contributed by atoms with E-state index in [-0.39, 0.29) is 18.4 Å². The van der Waals surface area contributed by atoms with Gasteiger partial charge in [0.2, 0.25) is 12.6 Å². The summed E-state index contributed by atoms with van der Waals surface area (Å²) in [6.45, 7) is 7.94. The number of carboxylic acid groups (broad SMARTS) is 1. The number of nitrogens with one attached hydrogen (secondary N) is 2. The Balaban J connectivity index is 1.52. The Hall–Kier alpha value is -5.26. The maximum Gasteiger partial charge on any atom is 0.337 e. The van der Waals surface area contributed by atoms with Crippen LogP contribution in [0.25, 0.3) is 10.9 Å². The van der Waals surface area contributed by atoms with E-state index in [1.807, 2.05) is 24.3 Å². The molecule has 3 N–H and O–H groups in total. The van der Waals surface area contributed by atoms with Crippen LogP contribution in [0.1, 0.15) is 51.4 Å². The number of benzene rings is 1. The van der Waals surface area contributed by atoms with Crippen LogP contribution in [0.4, 0.5) is 0 Å². The van der Waals surface area contributed by atoms with Crippen molar-refractivity contribution in [3.63, 3.8) is 0 Å². The largest absolute Gasteiger partial charge is 0.480 e. The maximum absolute atomic E-state index is 13.2. The molecule has 1 fully saturated rings. The van der Waals surface area contributed by atoms with Gasteiger partial charge in [-0.05, 0) is 18.1 Å². The van der Waals surface area contributed by atoms with Crippen LogP contribution in [-0.2, 0) is 73.1 Å². The third kappa shape index (κ3) is 8.69. The molecule has 4 heterocycles. The number of methoxy groups -OCH3 is 1. The molecule has 10 atom stereocenters. The highest BCUT2D eigenvalue weighted by Crippen LogP contribution is 2.43. The molecule has 0 amide bonds. The fraction of sp³-hybridized carbons (Fsp3) is 0.500. The van der Waals surface area contributed by atoms with E-state index < -0.39 is 103 Å². The SMILES string of the molecule is C=C[C@H]1[C@H](O[C@@H]2O[C@H](COC(C)=O)[C@@H](OC(C)=O)[C@H](OC(C)=O)[C@H]2OC(C)=O)OC=C(C(=O)OC)[C@H]1CC1N[C@H](C(=O)O)Cc2c1[nH]c1ccccc21. The second-order valence-corrected chi connectivity index (χ2v) is 12.8. The predicted molar refractivity (Wildman–Crippen MR) is 179 cm³/mol. The molecule has 1 aromatic carbocycles. The minimum absolute atomic E-state index is 0.107. The van der Waals surface area contributed by atoms with Gasteiger partial charge in [0.1, 0.15) is 18.8 Å². The first-order valence-electron chi connectivity index (χ1n) is 16.8. The van der Waals surface area contributed by atoms with Crippen molar-refractivity contribution in [2.24, 2.45) is 11.8 Å². The Labute approximate surface area is 303 Å². The normalized spacial score (nSPS) is 29.3. The van der Waals surface area contributed by atoms with Crippen molar-refractivity contribution in [1.29, 1.82) is 0 Å². The van der Waals surface area contributed by atoms with E-state index >= 15 is 0 Å². The molecule has 0 radical (unpaired) electrons. The molecule has 17 nitrogen and oxygen atoms in total. The second kappa shape index (κ2) is 16.6. The summed E-state index contributed by atoms with van der Waals surface area (Å²) < 4.78 is 45.1. The summed E-state index contributed by atoms with van der Waals surface area (Å²) in [6.07, 6.45) is -5.65. The third-order valence-electron chi connectivity index (χ3n) is 9.21. The molecule has 1 unspecified atom stereocenters. The standard InChI is InChI=1S/C36H42N2O15/c1-7-20-22(12-26-29-23(13-27(37-26)33(43)44)21-10-8-9-11-25(21)38-29)24(34(45)46-6)14-48-35(20)53-36-32(51-19(5)42)31(50-18(4)41)30(49-17(3)40)28(52-36)15-47-16(2)39/h7-11,14,20,22,26-28,30-32,35-38H,1,12-13,15H2,2-6H3,(H,43,44)/t20-,22+,26?,27+,28-,30-,31+,32-,35+,36+/m1/s1. The first kappa shape index (κ1) is 39.0. The van der Waals surface area contributed by atoms with Gasteiger partial charge >= 0.3 is 35.8 Å². The number of ether oxygens (including phenoxy) is 8. The Kier molecular flexibility index (Phi) is 12.2. The number of para-hydroxylation sites is 1. The van der Waals surface area contributed by atoms with E-state index in [0.717, 1.165) is 56.1 Å². The van der Waals surface area contributed by atoms with Crippen LogP contribution in [-0.4, -0.2) is 103 Å². The van der Waals surface area contributed by atoms with Crippen molar-refractivity contribution >= 4 is 46.7 Å². The second-order valence-electron chi connectivity index (χ2n) is 12.8. The summed E-state index contributed by atoms with van der Waals surface area (Å²) in [5, 5.41) is 14.1. The predicted octanol–water partition coefficient (Wildman–Crippen LogP) is 2.13. The van der Waals surface area contributed by atoms with Crippen LogP contribution < -0.4 is 5.32 Å². The van der Waals surface area contributed by atoms with Crippen molar-refractivity contribution in [3.8, 4) is 0 Å². The Bertz CT molecular complexity index is 1780. The topological polar surface area (TPSA) is 224 Å². The number of fused-ring (bicyclic) bond motifs is 3. The Morgan fingerprint density at radius 3 is 2.21 bits per heavy atom. The fourth-order valence-electron chi connectivity index (χ4n) is 7.07. The number of carboxylic acids is 1. The van der Waals surface area contributed by atoms with Gasteiger partial charge in [-0.15, -0.1) is 6.58 Å². The van der Waals surface area contributed by atoms with E-state index in [1.165, 1.54) is 13.2 Å². The van der Waals surface area contributed by atoms with E-state index in [4.69, 9.17) is 37.9 Å². The summed E-state index contributed by atoms with van der Waals surface area (Å²) >= 11 is 0. The van der Waals surface area contributed by atoms with Crippen LogP contribution in [0.2, 0.25) is 0 Å². The molecular weight excluding hydrogens is 700 g/mol. The first-order chi connectivity index (χ1) is 25.2. The van der Waals surface area contributed by atoms with E-state index in [0.29, 0.717) is 0 Å². The van der Waals surface area contributed by atoms with Crippen molar-refractivity contribution in [1.82, 2.24) is 10.3 Å². The highest BCUT2D eigenvalue weighted by atomic mass is 16.8. The smallest absolute Gasteiger partial charge is 0.337 e. The molecule has 0 bridgehead atoms. The first-order valence-corrected chi connectivity index (χ1v) is 16.8. The van der Waals surface area contributed by atoms with Crippen molar-refractivity contribution in [2.45, 2.75) is 89.6 Å². The molecule has 5 rings (SSSR count). The lowest BCUT2D eigenvalue weighted by Gasteiger charge is -2.46. The van der Waals surface area contributed by atoms with Gasteiger partial charge in [-0.2, -0.15) is 0 Å². The minimum atomic E-state index is -1.60. The molecule has 53 heavy (non-hydrogen) atoms. The lowest BCUT2D eigenvalue weighted by molar-refractivity contribution is -0.342. The van der Waals surface area contributed by atoms with E-state index in [2.05, 4.69) is 16.9 Å². The zero-order valence-electron chi connectivity index (χ0n) is 29.7. The fourth-order valence-corrected chi connectivity index (χ4v) is 7.07. The molecule has 2 aromatic rings. The molecular formula is C36H42N2O15. The monoisotopic (exact) mass is 742 g/mol. The van der Waals surface area contributed by atoms with Gasteiger partial charge in [0.05, 0.1) is 18.9 Å². The van der Waals surface area contributed by atoms with Gasteiger partial charge in [-0.25, -0.2) is 4.79 Å². The average Bonchev–Trinajstić information content (AvgIpc) is 3.48. The summed E-state index contributed by atoms with van der Waals surface area (Å²) in [5.41, 5.74) is 2.50. The van der Waals surface area contributed by atoms with Crippen LogP contribution in [0, 0.1) is 11.8 Å². The number of H-pyrrole nitrogens is 1. The molecule has 0 saturated carbocycles. The summed E-state index contributed by atoms with van der Waals surface area (Å²) in [6, 6.07) is 5.97. The zero-order chi connectivity index (χ0) is 38.6. The highest BCUT2D eigenvalue weighted by Gasteiger charge is 2.54. The molecule has 3 aliphatic heterocycles. The molecule has 17 heteroatoms. The van der Waals surface area contributed by atoms with Crippen LogP contribution in [0.15, 0.2) is 48.8 Å². The van der Waals surface area contributed by atoms with Crippen LogP contribution in [0.5, 0.6) is 0 Å². The number of aromatic nitrogens is 1. The molecule has 0 aliphatic carbocycles. The number of hydrogen-bond donors (Lipinski definition) is 3. The third-order valence-corrected chi connectivity index (χ3v) is 9.21. The number of aromatic amines is 1. The van der Waals surface area contributed by atoms with Crippen molar-refractivity contribution < 1.29 is 71.8 Å². The van der Waals surface area contributed by atoms with E-state index in [9.17, 15) is 33.9 Å². The van der Waals surface area contributed by atoms with Crippen LogP contribution >= 0.6 is 0 Å². The lowest BCUT2D eigenvalue weighted by Crippen LogP contribution is -2.63. The molecule has 3 aliphatic rings. The average molecular weight is 743 g/mol. The molecule has 1 aromatic heterocycles. The quantitative estimate of drug-likeness (QED) is 0.161. The lowest BCUT2D eigenvalue weighted by atomic mass is 9.77. The van der Waals surface area contributed by atoms with Gasteiger partial charge in [-0.3, -0.25) is 29.3 Å². The number of carbonyl (C=O) groups is 6. The van der Waals surface area contributed by atoms with E-state index in [1.54, 1.807) is 0 Å².